The average Bonchev–Trinajstić information content (AvgIpc) is 3.14. The van der Waals surface area contributed by atoms with Crippen molar-refractivity contribution in [3.8, 4) is 17.6 Å². The highest BCUT2D eigenvalue weighted by atomic mass is 16.5. The number of rotatable bonds is 10. The molecule has 156 valence electrons. The summed E-state index contributed by atoms with van der Waals surface area (Å²) in [5, 5.41) is 14.7. The van der Waals surface area contributed by atoms with Crippen LogP contribution < -0.4 is 4.74 Å². The molecule has 0 aliphatic heterocycles. The lowest BCUT2D eigenvalue weighted by Crippen LogP contribution is -2.05. The molecule has 1 unspecified atom stereocenters. The zero-order valence-electron chi connectivity index (χ0n) is 17.3. The Kier molecular flexibility index (Phi) is 7.47. The molecule has 0 saturated heterocycles. The van der Waals surface area contributed by atoms with Crippen LogP contribution in [0.25, 0.3) is 10.9 Å². The molecule has 2 aromatic carbocycles. The van der Waals surface area contributed by atoms with Gasteiger partial charge in [0.15, 0.2) is 0 Å². The van der Waals surface area contributed by atoms with Crippen molar-refractivity contribution in [2.75, 3.05) is 13.2 Å². The first-order valence-electron chi connectivity index (χ1n) is 9.99. The van der Waals surface area contributed by atoms with Crippen LogP contribution >= 0.6 is 0 Å². The summed E-state index contributed by atoms with van der Waals surface area (Å²) in [6.45, 7) is 6.21. The van der Waals surface area contributed by atoms with Crippen LogP contribution in [-0.2, 0) is 22.7 Å². The number of hydrogen-bond donors (Lipinski definition) is 1. The molecule has 6 heteroatoms. The monoisotopic (exact) mass is 406 g/mol. The standard InChI is InChI=1S/C24H26N2O4/c1-3-5-20(15-24(27)28)19-7-9-22(10-8-19)30-17-18-6-11-23-21(14-18)16-26(25-23)12-13-29-4-2/h6-11,14,16,20H,4,12-13,15,17H2,1-2H3,(H,27,28). The molecule has 1 aromatic heterocycles. The molecule has 3 rings (SSSR count). The van der Waals surface area contributed by atoms with E-state index in [1.54, 1.807) is 6.92 Å². The lowest BCUT2D eigenvalue weighted by molar-refractivity contribution is -0.137. The Labute approximate surface area is 176 Å². The van der Waals surface area contributed by atoms with Crippen LogP contribution in [0.2, 0.25) is 0 Å². The van der Waals surface area contributed by atoms with Crippen LogP contribution in [-0.4, -0.2) is 34.1 Å². The molecular formula is C24H26N2O4. The number of carbonyl (C=O) groups is 1. The number of hydrogen-bond acceptors (Lipinski definition) is 4. The molecule has 0 spiro atoms. The second-order valence-corrected chi connectivity index (χ2v) is 6.88. The summed E-state index contributed by atoms with van der Waals surface area (Å²) >= 11 is 0. The minimum absolute atomic E-state index is 0.0146. The van der Waals surface area contributed by atoms with Gasteiger partial charge in [-0.15, -0.1) is 5.92 Å². The molecule has 6 nitrogen and oxygen atoms in total. The molecule has 0 fully saturated rings. The van der Waals surface area contributed by atoms with Gasteiger partial charge >= 0.3 is 5.97 Å². The van der Waals surface area contributed by atoms with Gasteiger partial charge in [-0.1, -0.05) is 24.1 Å². The fourth-order valence-electron chi connectivity index (χ4n) is 3.20. The van der Waals surface area contributed by atoms with E-state index in [9.17, 15) is 4.79 Å². The Balaban J connectivity index is 1.62. The largest absolute Gasteiger partial charge is 0.489 e. The first-order chi connectivity index (χ1) is 14.6. The van der Waals surface area contributed by atoms with E-state index in [2.05, 4.69) is 23.0 Å². The summed E-state index contributed by atoms with van der Waals surface area (Å²) < 4.78 is 13.2. The fourth-order valence-corrected chi connectivity index (χ4v) is 3.20. The van der Waals surface area contributed by atoms with Gasteiger partial charge in [0.25, 0.3) is 0 Å². The average molecular weight is 406 g/mol. The van der Waals surface area contributed by atoms with Crippen molar-refractivity contribution in [1.29, 1.82) is 0 Å². The van der Waals surface area contributed by atoms with Gasteiger partial charge < -0.3 is 14.6 Å². The van der Waals surface area contributed by atoms with E-state index in [0.717, 1.165) is 34.3 Å². The lowest BCUT2D eigenvalue weighted by Gasteiger charge is -2.11. The highest BCUT2D eigenvalue weighted by Gasteiger charge is 2.13. The van der Waals surface area contributed by atoms with Crippen LogP contribution in [0.5, 0.6) is 5.75 Å². The molecule has 1 N–H and O–H groups in total. The van der Waals surface area contributed by atoms with Crippen molar-refractivity contribution in [3.63, 3.8) is 0 Å². The Morgan fingerprint density at radius 3 is 2.73 bits per heavy atom. The summed E-state index contributed by atoms with van der Waals surface area (Å²) in [5.41, 5.74) is 2.87. The van der Waals surface area contributed by atoms with Gasteiger partial charge in [0.05, 0.1) is 31.0 Å². The smallest absolute Gasteiger partial charge is 0.304 e. The van der Waals surface area contributed by atoms with Crippen molar-refractivity contribution in [2.45, 2.75) is 39.3 Å². The van der Waals surface area contributed by atoms with Gasteiger partial charge in [-0.2, -0.15) is 5.10 Å². The van der Waals surface area contributed by atoms with Crippen molar-refractivity contribution >= 4 is 16.9 Å². The molecule has 0 aliphatic carbocycles. The summed E-state index contributed by atoms with van der Waals surface area (Å²) in [5.74, 6) is 5.31. The molecule has 0 saturated carbocycles. The van der Waals surface area contributed by atoms with Crippen molar-refractivity contribution in [2.24, 2.45) is 0 Å². The molecule has 30 heavy (non-hydrogen) atoms. The molecular weight excluding hydrogens is 380 g/mol. The lowest BCUT2D eigenvalue weighted by atomic mass is 9.96. The number of carboxylic acids is 1. The highest BCUT2D eigenvalue weighted by molar-refractivity contribution is 5.78. The van der Waals surface area contributed by atoms with E-state index in [-0.39, 0.29) is 12.3 Å². The number of ether oxygens (including phenoxy) is 2. The Hall–Kier alpha value is -3.30. The maximum absolute atomic E-state index is 11.0. The molecule has 3 aromatic rings. The van der Waals surface area contributed by atoms with Crippen LogP contribution in [0.4, 0.5) is 0 Å². The Morgan fingerprint density at radius 1 is 1.23 bits per heavy atom. The predicted molar refractivity (Wildman–Crippen MR) is 115 cm³/mol. The third-order valence-electron chi connectivity index (χ3n) is 4.67. The van der Waals surface area contributed by atoms with Gasteiger partial charge in [-0.25, -0.2) is 0 Å². The second-order valence-electron chi connectivity index (χ2n) is 6.88. The SMILES string of the molecule is CC#CC(CC(=O)O)c1ccc(OCc2ccc3nn(CCOCC)cc3c2)cc1. The molecule has 0 amide bonds. The van der Waals surface area contributed by atoms with E-state index < -0.39 is 5.97 Å². The van der Waals surface area contributed by atoms with Crippen molar-refractivity contribution in [1.82, 2.24) is 9.78 Å². The van der Waals surface area contributed by atoms with Crippen LogP contribution in [0.3, 0.4) is 0 Å². The van der Waals surface area contributed by atoms with Gasteiger partial charge in [0, 0.05) is 18.2 Å². The number of aliphatic carboxylic acids is 1. The van der Waals surface area contributed by atoms with E-state index in [1.807, 2.05) is 54.2 Å². The minimum Gasteiger partial charge on any atom is -0.489 e. The highest BCUT2D eigenvalue weighted by Crippen LogP contribution is 2.23. The van der Waals surface area contributed by atoms with Crippen molar-refractivity contribution in [3.05, 3.63) is 59.8 Å². The van der Waals surface area contributed by atoms with Crippen LogP contribution in [0.1, 0.15) is 37.3 Å². The first kappa shape index (κ1) is 21.4. The number of benzene rings is 2. The molecule has 0 radical (unpaired) electrons. The number of aromatic nitrogens is 2. The number of fused-ring (bicyclic) bond motifs is 1. The third-order valence-corrected chi connectivity index (χ3v) is 4.67. The zero-order chi connectivity index (χ0) is 21.3. The summed E-state index contributed by atoms with van der Waals surface area (Å²) in [7, 11) is 0. The Bertz CT molecular complexity index is 1040. The summed E-state index contributed by atoms with van der Waals surface area (Å²) in [6, 6.07) is 13.5. The quantitative estimate of drug-likeness (QED) is 0.403. The first-order valence-corrected chi connectivity index (χ1v) is 9.99. The number of carboxylic acid groups (broad SMARTS) is 1. The second kappa shape index (κ2) is 10.5. The fraction of sp³-hybridized carbons (Fsp3) is 0.333. The van der Waals surface area contributed by atoms with Crippen LogP contribution in [0, 0.1) is 11.8 Å². The maximum atomic E-state index is 11.0. The Morgan fingerprint density at radius 2 is 2.03 bits per heavy atom. The molecule has 1 atom stereocenters. The topological polar surface area (TPSA) is 73.6 Å². The molecule has 0 aliphatic rings. The van der Waals surface area contributed by atoms with E-state index in [1.165, 1.54) is 0 Å². The maximum Gasteiger partial charge on any atom is 0.304 e. The van der Waals surface area contributed by atoms with Crippen molar-refractivity contribution < 1.29 is 19.4 Å². The number of nitrogens with zero attached hydrogens (tertiary/aromatic N) is 2. The van der Waals surface area contributed by atoms with E-state index in [4.69, 9.17) is 14.6 Å². The molecule has 0 bridgehead atoms. The normalized spacial score (nSPS) is 11.7. The van der Waals surface area contributed by atoms with E-state index >= 15 is 0 Å². The third kappa shape index (κ3) is 5.85. The van der Waals surface area contributed by atoms with Gasteiger partial charge in [-0.3, -0.25) is 9.48 Å². The predicted octanol–water partition coefficient (Wildman–Crippen LogP) is 4.23. The minimum atomic E-state index is -0.861. The molecule has 1 heterocycles. The summed E-state index contributed by atoms with van der Waals surface area (Å²) in [6.07, 6.45) is 2.00. The van der Waals surface area contributed by atoms with Crippen LogP contribution in [0.15, 0.2) is 48.7 Å². The van der Waals surface area contributed by atoms with Gasteiger partial charge in [-0.05, 0) is 49.2 Å². The van der Waals surface area contributed by atoms with Gasteiger partial charge in [0.2, 0.25) is 0 Å². The summed E-state index contributed by atoms with van der Waals surface area (Å²) in [4.78, 5) is 11.0. The van der Waals surface area contributed by atoms with Gasteiger partial charge in [0.1, 0.15) is 12.4 Å². The zero-order valence-corrected chi connectivity index (χ0v) is 17.3. The van der Waals surface area contributed by atoms with E-state index in [0.29, 0.717) is 19.8 Å².